The van der Waals surface area contributed by atoms with Gasteiger partial charge in [-0.2, -0.15) is 11.3 Å². The van der Waals surface area contributed by atoms with Crippen LogP contribution in [0.15, 0.2) is 47.4 Å². The highest BCUT2D eigenvalue weighted by atomic mass is 32.1. The molecule has 4 heteroatoms. The molecule has 0 bridgehead atoms. The van der Waals surface area contributed by atoms with Crippen LogP contribution in [0, 0.1) is 0 Å². The van der Waals surface area contributed by atoms with Gasteiger partial charge in [0.25, 0.3) is 0 Å². The molecular formula is C16H19N3S. The first-order valence-corrected chi connectivity index (χ1v) is 7.92. The number of nitrogens with zero attached hydrogens (tertiary/aromatic N) is 2. The molecule has 0 radical (unpaired) electrons. The fourth-order valence-electron chi connectivity index (χ4n) is 2.39. The lowest BCUT2D eigenvalue weighted by Crippen LogP contribution is -2.29. The van der Waals surface area contributed by atoms with Crippen molar-refractivity contribution in [2.75, 3.05) is 6.54 Å². The maximum Gasteiger partial charge on any atom is 0.136 e. The first kappa shape index (κ1) is 13.3. The lowest BCUT2D eigenvalue weighted by molar-refractivity contribution is 0.547. The summed E-state index contributed by atoms with van der Waals surface area (Å²) in [6.07, 6.45) is 6.21. The van der Waals surface area contributed by atoms with Crippen LogP contribution < -0.4 is 5.32 Å². The van der Waals surface area contributed by atoms with Crippen molar-refractivity contribution >= 4 is 17.0 Å². The molecule has 3 heterocycles. The molecule has 0 saturated carbocycles. The van der Waals surface area contributed by atoms with Crippen LogP contribution in [-0.2, 0) is 12.8 Å². The van der Waals surface area contributed by atoms with Crippen molar-refractivity contribution in [1.29, 1.82) is 0 Å². The highest BCUT2D eigenvalue weighted by Gasteiger charge is 2.05. The highest BCUT2D eigenvalue weighted by Crippen LogP contribution is 2.09. The van der Waals surface area contributed by atoms with Crippen LogP contribution in [0.5, 0.6) is 0 Å². The first-order valence-electron chi connectivity index (χ1n) is 6.98. The zero-order valence-electron chi connectivity index (χ0n) is 11.6. The van der Waals surface area contributed by atoms with E-state index in [1.54, 1.807) is 11.3 Å². The van der Waals surface area contributed by atoms with Gasteiger partial charge in [0, 0.05) is 31.4 Å². The summed E-state index contributed by atoms with van der Waals surface area (Å²) in [5.41, 5.74) is 3.59. The smallest absolute Gasteiger partial charge is 0.136 e. The molecule has 0 amide bonds. The van der Waals surface area contributed by atoms with E-state index in [4.69, 9.17) is 0 Å². The molecule has 3 rings (SSSR count). The second-order valence-electron chi connectivity index (χ2n) is 5.14. The maximum atomic E-state index is 4.61. The fourth-order valence-corrected chi connectivity index (χ4v) is 3.07. The largest absolute Gasteiger partial charge is 0.314 e. The van der Waals surface area contributed by atoms with Crippen LogP contribution >= 0.6 is 11.3 Å². The number of hydrogen-bond acceptors (Lipinski definition) is 3. The molecule has 0 aliphatic carbocycles. The molecule has 0 aliphatic heterocycles. The number of aromatic nitrogens is 2. The van der Waals surface area contributed by atoms with Gasteiger partial charge < -0.3 is 9.72 Å². The topological polar surface area (TPSA) is 29.3 Å². The predicted octanol–water partition coefficient (Wildman–Crippen LogP) is 3.16. The van der Waals surface area contributed by atoms with Gasteiger partial charge >= 0.3 is 0 Å². The molecule has 1 N–H and O–H groups in total. The van der Waals surface area contributed by atoms with Gasteiger partial charge in [-0.3, -0.25) is 0 Å². The standard InChI is InChI=1S/C16H19N3S/c1-13(10-14-6-9-20-12-14)17-7-5-15-11-19-8-3-2-4-16(19)18-15/h2-4,6,8-9,11-13,17H,5,7,10H2,1H3/t13-/m0/s1. The average Bonchev–Trinajstić information content (AvgIpc) is 3.07. The van der Waals surface area contributed by atoms with Crippen LogP contribution in [0.3, 0.4) is 0 Å². The third-order valence-electron chi connectivity index (χ3n) is 3.41. The molecule has 3 aromatic rings. The predicted molar refractivity (Wildman–Crippen MR) is 84.4 cm³/mol. The van der Waals surface area contributed by atoms with E-state index < -0.39 is 0 Å². The Kier molecular flexibility index (Phi) is 4.14. The van der Waals surface area contributed by atoms with E-state index in [0.29, 0.717) is 6.04 Å². The van der Waals surface area contributed by atoms with Crippen molar-refractivity contribution in [2.24, 2.45) is 0 Å². The summed E-state index contributed by atoms with van der Waals surface area (Å²) in [5, 5.41) is 7.93. The van der Waals surface area contributed by atoms with Crippen LogP contribution in [0.25, 0.3) is 5.65 Å². The van der Waals surface area contributed by atoms with Gasteiger partial charge in [-0.05, 0) is 47.9 Å². The van der Waals surface area contributed by atoms with E-state index >= 15 is 0 Å². The van der Waals surface area contributed by atoms with Crippen molar-refractivity contribution in [1.82, 2.24) is 14.7 Å². The van der Waals surface area contributed by atoms with E-state index in [9.17, 15) is 0 Å². The monoisotopic (exact) mass is 285 g/mol. The van der Waals surface area contributed by atoms with E-state index in [1.165, 1.54) is 5.56 Å². The van der Waals surface area contributed by atoms with Crippen molar-refractivity contribution in [3.63, 3.8) is 0 Å². The molecule has 3 nitrogen and oxygen atoms in total. The highest BCUT2D eigenvalue weighted by molar-refractivity contribution is 7.07. The lowest BCUT2D eigenvalue weighted by Gasteiger charge is -2.12. The molecule has 0 aromatic carbocycles. The summed E-state index contributed by atoms with van der Waals surface area (Å²) >= 11 is 1.76. The number of nitrogens with one attached hydrogen (secondary N) is 1. The van der Waals surface area contributed by atoms with E-state index in [0.717, 1.165) is 30.7 Å². The second-order valence-corrected chi connectivity index (χ2v) is 5.92. The molecule has 0 unspecified atom stereocenters. The van der Waals surface area contributed by atoms with Gasteiger partial charge in [-0.25, -0.2) is 4.98 Å². The van der Waals surface area contributed by atoms with Crippen LogP contribution in [0.1, 0.15) is 18.2 Å². The first-order chi connectivity index (χ1) is 9.81. The second kappa shape index (κ2) is 6.20. The molecule has 0 aliphatic rings. The van der Waals surface area contributed by atoms with Crippen LogP contribution in [0.4, 0.5) is 0 Å². The normalized spacial score (nSPS) is 12.8. The number of imidazole rings is 1. The summed E-state index contributed by atoms with van der Waals surface area (Å²) in [4.78, 5) is 4.61. The van der Waals surface area contributed by atoms with Gasteiger partial charge in [-0.15, -0.1) is 0 Å². The zero-order valence-corrected chi connectivity index (χ0v) is 12.4. The van der Waals surface area contributed by atoms with Gasteiger partial charge in [0.2, 0.25) is 0 Å². The molecule has 20 heavy (non-hydrogen) atoms. The van der Waals surface area contributed by atoms with E-state index in [1.807, 2.05) is 24.4 Å². The molecule has 1 atom stereocenters. The quantitative estimate of drug-likeness (QED) is 0.754. The SMILES string of the molecule is C[C@@H](Cc1ccsc1)NCCc1cn2ccccc2n1. The lowest BCUT2D eigenvalue weighted by atomic mass is 10.1. The van der Waals surface area contributed by atoms with E-state index in [2.05, 4.69) is 44.6 Å². The summed E-state index contributed by atoms with van der Waals surface area (Å²) < 4.78 is 2.07. The minimum atomic E-state index is 0.502. The Balaban J connectivity index is 1.49. The molecule has 0 fully saturated rings. The Morgan fingerprint density at radius 1 is 1.35 bits per heavy atom. The van der Waals surface area contributed by atoms with Gasteiger partial charge in [0.05, 0.1) is 5.69 Å². The number of rotatable bonds is 6. The zero-order chi connectivity index (χ0) is 13.8. The van der Waals surface area contributed by atoms with Crippen molar-refractivity contribution in [3.8, 4) is 0 Å². The van der Waals surface area contributed by atoms with Gasteiger partial charge in [0.15, 0.2) is 0 Å². The molecule has 3 aromatic heterocycles. The maximum absolute atomic E-state index is 4.61. The number of pyridine rings is 1. The third-order valence-corrected chi connectivity index (χ3v) is 4.14. The Morgan fingerprint density at radius 2 is 2.30 bits per heavy atom. The fraction of sp³-hybridized carbons (Fsp3) is 0.312. The van der Waals surface area contributed by atoms with Crippen LogP contribution in [0.2, 0.25) is 0 Å². The summed E-state index contributed by atoms with van der Waals surface area (Å²) in [7, 11) is 0. The van der Waals surface area contributed by atoms with E-state index in [-0.39, 0.29) is 0 Å². The minimum Gasteiger partial charge on any atom is -0.314 e. The van der Waals surface area contributed by atoms with Crippen molar-refractivity contribution < 1.29 is 0 Å². The molecule has 0 saturated heterocycles. The minimum absolute atomic E-state index is 0.502. The van der Waals surface area contributed by atoms with Gasteiger partial charge in [-0.1, -0.05) is 6.07 Å². The summed E-state index contributed by atoms with van der Waals surface area (Å²) in [6.45, 7) is 3.20. The Morgan fingerprint density at radius 3 is 3.10 bits per heavy atom. The molecule has 0 spiro atoms. The Bertz CT molecular complexity index is 624. The summed E-state index contributed by atoms with van der Waals surface area (Å²) in [6, 6.07) is 8.79. The summed E-state index contributed by atoms with van der Waals surface area (Å²) in [5.74, 6) is 0. The Labute approximate surface area is 123 Å². The number of fused-ring (bicyclic) bond motifs is 1. The number of thiophene rings is 1. The Hall–Kier alpha value is -1.65. The molecule has 104 valence electrons. The van der Waals surface area contributed by atoms with Crippen LogP contribution in [-0.4, -0.2) is 22.0 Å². The average molecular weight is 285 g/mol. The third kappa shape index (κ3) is 3.26. The molecular weight excluding hydrogens is 266 g/mol. The van der Waals surface area contributed by atoms with Crippen molar-refractivity contribution in [3.05, 3.63) is 58.7 Å². The van der Waals surface area contributed by atoms with Gasteiger partial charge in [0.1, 0.15) is 5.65 Å². The van der Waals surface area contributed by atoms with Crippen molar-refractivity contribution in [2.45, 2.75) is 25.8 Å². The number of hydrogen-bond donors (Lipinski definition) is 1.